The fourth-order valence-corrected chi connectivity index (χ4v) is 3.05. The normalized spacial score (nSPS) is 17.3. The number of para-hydroxylation sites is 2. The van der Waals surface area contributed by atoms with Crippen molar-refractivity contribution in [2.45, 2.75) is 25.4 Å². The number of anilines is 1. The van der Waals surface area contributed by atoms with Crippen LogP contribution in [0.5, 0.6) is 0 Å². The third-order valence-electron chi connectivity index (χ3n) is 4.25. The lowest BCUT2D eigenvalue weighted by Crippen LogP contribution is -2.43. The van der Waals surface area contributed by atoms with Gasteiger partial charge in [-0.25, -0.2) is 0 Å². The number of oxazole rings is 1. The molecule has 0 saturated carbocycles. The number of amides is 1. The SMILES string of the molecule is O=C(NCc1ccccn1)C1CCCN1c1nc2ccccc2o1. The Kier molecular flexibility index (Phi) is 3.86. The molecule has 3 heterocycles. The van der Waals surface area contributed by atoms with Crippen molar-refractivity contribution in [3.8, 4) is 0 Å². The van der Waals surface area contributed by atoms with Crippen LogP contribution in [-0.2, 0) is 11.3 Å². The maximum atomic E-state index is 12.6. The molecular weight excluding hydrogens is 304 g/mol. The van der Waals surface area contributed by atoms with Gasteiger partial charge in [-0.05, 0) is 37.1 Å². The summed E-state index contributed by atoms with van der Waals surface area (Å²) >= 11 is 0. The Morgan fingerprint density at radius 3 is 2.96 bits per heavy atom. The van der Waals surface area contributed by atoms with Crippen LogP contribution in [0.1, 0.15) is 18.5 Å². The molecule has 1 unspecified atom stereocenters. The number of rotatable bonds is 4. The molecular formula is C18H18N4O2. The average molecular weight is 322 g/mol. The second-order valence-corrected chi connectivity index (χ2v) is 5.85. The Balaban J connectivity index is 1.48. The number of aromatic nitrogens is 2. The molecule has 24 heavy (non-hydrogen) atoms. The first-order valence-corrected chi connectivity index (χ1v) is 8.11. The fraction of sp³-hybridized carbons (Fsp3) is 0.278. The number of pyridine rings is 1. The van der Waals surface area contributed by atoms with Gasteiger partial charge in [0.05, 0.1) is 12.2 Å². The predicted octanol–water partition coefficient (Wildman–Crippen LogP) is 2.51. The van der Waals surface area contributed by atoms with Crippen molar-refractivity contribution in [1.82, 2.24) is 15.3 Å². The van der Waals surface area contributed by atoms with E-state index in [2.05, 4.69) is 15.3 Å². The summed E-state index contributed by atoms with van der Waals surface area (Å²) in [5, 5.41) is 2.96. The predicted molar refractivity (Wildman–Crippen MR) is 90.5 cm³/mol. The van der Waals surface area contributed by atoms with E-state index in [1.54, 1.807) is 6.20 Å². The molecule has 6 heteroatoms. The second kappa shape index (κ2) is 6.31. The molecule has 1 saturated heterocycles. The fourth-order valence-electron chi connectivity index (χ4n) is 3.05. The molecule has 1 aromatic carbocycles. The number of carbonyl (C=O) groups excluding carboxylic acids is 1. The van der Waals surface area contributed by atoms with Crippen LogP contribution in [-0.4, -0.2) is 28.5 Å². The summed E-state index contributed by atoms with van der Waals surface area (Å²) in [4.78, 5) is 23.3. The molecule has 3 aromatic rings. The van der Waals surface area contributed by atoms with Crippen LogP contribution in [0.3, 0.4) is 0 Å². The maximum Gasteiger partial charge on any atom is 0.299 e. The highest BCUT2D eigenvalue weighted by Crippen LogP contribution is 2.28. The highest BCUT2D eigenvalue weighted by atomic mass is 16.4. The number of nitrogens with one attached hydrogen (secondary N) is 1. The van der Waals surface area contributed by atoms with Crippen LogP contribution in [0.15, 0.2) is 53.1 Å². The summed E-state index contributed by atoms with van der Waals surface area (Å²) in [6, 6.07) is 13.6. The third-order valence-corrected chi connectivity index (χ3v) is 4.25. The van der Waals surface area contributed by atoms with Crippen LogP contribution in [0.4, 0.5) is 6.01 Å². The van der Waals surface area contributed by atoms with Crippen LogP contribution in [0.2, 0.25) is 0 Å². The van der Waals surface area contributed by atoms with Crippen molar-refractivity contribution < 1.29 is 9.21 Å². The van der Waals surface area contributed by atoms with Gasteiger partial charge in [0, 0.05) is 12.7 Å². The molecule has 1 amide bonds. The van der Waals surface area contributed by atoms with Crippen molar-refractivity contribution in [3.63, 3.8) is 0 Å². The van der Waals surface area contributed by atoms with Crippen LogP contribution >= 0.6 is 0 Å². The Morgan fingerprint density at radius 1 is 1.25 bits per heavy atom. The molecule has 4 rings (SSSR count). The van der Waals surface area contributed by atoms with Gasteiger partial charge in [0.1, 0.15) is 11.6 Å². The van der Waals surface area contributed by atoms with Crippen molar-refractivity contribution >= 4 is 23.0 Å². The highest BCUT2D eigenvalue weighted by Gasteiger charge is 2.33. The molecule has 0 aliphatic carbocycles. The van der Waals surface area contributed by atoms with E-state index < -0.39 is 0 Å². The smallest absolute Gasteiger partial charge is 0.299 e. The summed E-state index contributed by atoms with van der Waals surface area (Å²) in [6.07, 6.45) is 3.47. The molecule has 122 valence electrons. The first-order valence-electron chi connectivity index (χ1n) is 8.11. The summed E-state index contributed by atoms with van der Waals surface area (Å²) in [5.74, 6) is -0.0135. The zero-order chi connectivity index (χ0) is 16.4. The Morgan fingerprint density at radius 2 is 2.12 bits per heavy atom. The minimum absolute atomic E-state index is 0.0135. The summed E-state index contributed by atoms with van der Waals surface area (Å²) in [6.45, 7) is 1.20. The van der Waals surface area contributed by atoms with Crippen molar-refractivity contribution in [3.05, 3.63) is 54.4 Å². The van der Waals surface area contributed by atoms with Gasteiger partial charge in [-0.3, -0.25) is 9.78 Å². The lowest BCUT2D eigenvalue weighted by atomic mass is 10.2. The Bertz CT molecular complexity index is 813. The lowest BCUT2D eigenvalue weighted by molar-refractivity contribution is -0.122. The van der Waals surface area contributed by atoms with Crippen molar-refractivity contribution in [2.24, 2.45) is 0 Å². The highest BCUT2D eigenvalue weighted by molar-refractivity contribution is 5.85. The molecule has 2 aromatic heterocycles. The van der Waals surface area contributed by atoms with Gasteiger partial charge in [0.25, 0.3) is 6.01 Å². The van der Waals surface area contributed by atoms with E-state index in [9.17, 15) is 4.79 Å². The van der Waals surface area contributed by atoms with Crippen molar-refractivity contribution in [1.29, 1.82) is 0 Å². The minimum atomic E-state index is -0.248. The standard InChI is InChI=1S/C18H18N4O2/c23-17(20-12-13-6-3-4-10-19-13)15-8-5-11-22(15)18-21-14-7-1-2-9-16(14)24-18/h1-4,6-7,9-10,15H,5,8,11-12H2,(H,20,23). The van der Waals surface area contributed by atoms with Crippen LogP contribution < -0.4 is 10.2 Å². The Labute approximate surface area is 139 Å². The average Bonchev–Trinajstić information content (AvgIpc) is 3.26. The molecule has 1 aliphatic rings. The number of fused-ring (bicyclic) bond motifs is 1. The first-order chi connectivity index (χ1) is 11.8. The summed E-state index contributed by atoms with van der Waals surface area (Å²) in [5.41, 5.74) is 2.40. The third kappa shape index (κ3) is 2.82. The van der Waals surface area contributed by atoms with E-state index >= 15 is 0 Å². The van der Waals surface area contributed by atoms with Gasteiger partial charge in [0.2, 0.25) is 5.91 Å². The largest absolute Gasteiger partial charge is 0.423 e. The zero-order valence-electron chi connectivity index (χ0n) is 13.2. The van der Waals surface area contributed by atoms with Gasteiger partial charge < -0.3 is 14.6 Å². The molecule has 1 aliphatic heterocycles. The number of hydrogen-bond donors (Lipinski definition) is 1. The van der Waals surface area contributed by atoms with Gasteiger partial charge >= 0.3 is 0 Å². The Hall–Kier alpha value is -2.89. The van der Waals surface area contributed by atoms with E-state index in [-0.39, 0.29) is 11.9 Å². The number of nitrogens with zero attached hydrogens (tertiary/aromatic N) is 3. The molecule has 0 radical (unpaired) electrons. The van der Waals surface area contributed by atoms with E-state index in [1.807, 2.05) is 47.4 Å². The van der Waals surface area contributed by atoms with Gasteiger partial charge in [0.15, 0.2) is 5.58 Å². The molecule has 0 spiro atoms. The number of carbonyl (C=O) groups is 1. The van der Waals surface area contributed by atoms with Crippen LogP contribution in [0, 0.1) is 0 Å². The summed E-state index contributed by atoms with van der Waals surface area (Å²) < 4.78 is 5.82. The molecule has 1 N–H and O–H groups in total. The molecule has 1 fully saturated rings. The maximum absolute atomic E-state index is 12.6. The zero-order valence-corrected chi connectivity index (χ0v) is 13.2. The van der Waals surface area contributed by atoms with Gasteiger partial charge in [-0.1, -0.05) is 18.2 Å². The molecule has 0 bridgehead atoms. The number of benzene rings is 1. The second-order valence-electron chi connectivity index (χ2n) is 5.85. The minimum Gasteiger partial charge on any atom is -0.423 e. The van der Waals surface area contributed by atoms with Gasteiger partial charge in [-0.15, -0.1) is 0 Å². The van der Waals surface area contributed by atoms with E-state index in [0.717, 1.165) is 36.2 Å². The van der Waals surface area contributed by atoms with Crippen LogP contribution in [0.25, 0.3) is 11.1 Å². The topological polar surface area (TPSA) is 71.3 Å². The molecule has 6 nitrogen and oxygen atoms in total. The number of hydrogen-bond acceptors (Lipinski definition) is 5. The van der Waals surface area contributed by atoms with E-state index in [0.29, 0.717) is 12.6 Å². The van der Waals surface area contributed by atoms with Crippen molar-refractivity contribution in [2.75, 3.05) is 11.4 Å². The quantitative estimate of drug-likeness (QED) is 0.799. The summed E-state index contributed by atoms with van der Waals surface area (Å²) in [7, 11) is 0. The van der Waals surface area contributed by atoms with Gasteiger partial charge in [-0.2, -0.15) is 4.98 Å². The lowest BCUT2D eigenvalue weighted by Gasteiger charge is -2.21. The monoisotopic (exact) mass is 322 g/mol. The molecule has 1 atom stereocenters. The van der Waals surface area contributed by atoms with E-state index in [4.69, 9.17) is 4.42 Å². The van der Waals surface area contributed by atoms with E-state index in [1.165, 1.54) is 0 Å². The first kappa shape index (κ1) is 14.7.